The van der Waals surface area contributed by atoms with Crippen LogP contribution in [0.4, 0.5) is 0 Å². The Kier molecular flexibility index (Phi) is 2.49. The molecule has 1 atom stereocenters. The van der Waals surface area contributed by atoms with Crippen LogP contribution in [-0.2, 0) is 0 Å². The molecule has 1 aromatic heterocycles. The number of ether oxygens (including phenoxy) is 1. The Balaban J connectivity index is 1.70. The number of fused-ring (bicyclic) bond motifs is 3. The van der Waals surface area contributed by atoms with Gasteiger partial charge < -0.3 is 4.74 Å². The van der Waals surface area contributed by atoms with Gasteiger partial charge in [0.25, 0.3) is 0 Å². The summed E-state index contributed by atoms with van der Waals surface area (Å²) < 4.78 is 7.20. The minimum Gasteiger partial charge on any atom is -0.497 e. The zero-order chi connectivity index (χ0) is 12.8. The second-order valence-electron chi connectivity index (χ2n) is 4.12. The van der Waals surface area contributed by atoms with Crippen molar-refractivity contribution in [3.8, 4) is 5.75 Å². The maximum absolute atomic E-state index is 5.20. The zero-order valence-electron chi connectivity index (χ0n) is 10.1. The van der Waals surface area contributed by atoms with Crippen LogP contribution in [0.3, 0.4) is 0 Å². The standard InChI is InChI=1S/C12H10N4OS2/c1-17-9-4-2-8(3-5-9)11-16-10(6-18-11)19-12-14-13-7-15(12)16/h2-7,11H,1H3/t11-/m1/s1. The highest BCUT2D eigenvalue weighted by Crippen LogP contribution is 2.50. The van der Waals surface area contributed by atoms with Gasteiger partial charge in [-0.25, -0.2) is 4.68 Å². The molecule has 1 aromatic carbocycles. The van der Waals surface area contributed by atoms with E-state index < -0.39 is 0 Å². The lowest BCUT2D eigenvalue weighted by molar-refractivity contribution is 0.414. The highest BCUT2D eigenvalue weighted by Gasteiger charge is 2.37. The molecule has 19 heavy (non-hydrogen) atoms. The molecule has 96 valence electrons. The number of nitrogens with zero attached hydrogens (tertiary/aromatic N) is 4. The molecule has 3 heterocycles. The lowest BCUT2D eigenvalue weighted by Gasteiger charge is -2.24. The van der Waals surface area contributed by atoms with Crippen LogP contribution in [-0.4, -0.2) is 22.0 Å². The topological polar surface area (TPSA) is 43.2 Å². The summed E-state index contributed by atoms with van der Waals surface area (Å²) in [6, 6.07) is 8.18. The molecular formula is C12H10N4OS2. The van der Waals surface area contributed by atoms with E-state index in [-0.39, 0.29) is 5.37 Å². The molecule has 0 radical (unpaired) electrons. The van der Waals surface area contributed by atoms with Crippen LogP contribution in [0.1, 0.15) is 10.9 Å². The minimum absolute atomic E-state index is 0.227. The highest BCUT2D eigenvalue weighted by atomic mass is 32.2. The smallest absolute Gasteiger partial charge is 0.216 e. The molecule has 5 nitrogen and oxygen atoms in total. The third-order valence-corrected chi connectivity index (χ3v) is 5.28. The first-order valence-electron chi connectivity index (χ1n) is 5.74. The maximum Gasteiger partial charge on any atom is 0.216 e. The first-order valence-corrected chi connectivity index (χ1v) is 7.50. The summed E-state index contributed by atoms with van der Waals surface area (Å²) in [7, 11) is 1.68. The van der Waals surface area contributed by atoms with Gasteiger partial charge in [0.05, 0.1) is 7.11 Å². The SMILES string of the molecule is COc1ccc([C@H]2SC=C3Sc4nncn4N32)cc1. The molecule has 0 N–H and O–H groups in total. The van der Waals surface area contributed by atoms with Gasteiger partial charge >= 0.3 is 0 Å². The van der Waals surface area contributed by atoms with E-state index in [1.54, 1.807) is 37.0 Å². The van der Waals surface area contributed by atoms with Crippen molar-refractivity contribution in [2.24, 2.45) is 0 Å². The van der Waals surface area contributed by atoms with Gasteiger partial charge in [-0.2, -0.15) is 0 Å². The van der Waals surface area contributed by atoms with Crippen molar-refractivity contribution in [2.75, 3.05) is 12.1 Å². The van der Waals surface area contributed by atoms with Gasteiger partial charge in [-0.15, -0.1) is 10.2 Å². The van der Waals surface area contributed by atoms with E-state index >= 15 is 0 Å². The van der Waals surface area contributed by atoms with E-state index in [0.717, 1.165) is 10.9 Å². The number of aromatic nitrogens is 3. The van der Waals surface area contributed by atoms with Crippen molar-refractivity contribution < 1.29 is 4.74 Å². The van der Waals surface area contributed by atoms with Crippen LogP contribution < -0.4 is 9.75 Å². The molecule has 0 saturated heterocycles. The molecule has 0 amide bonds. The van der Waals surface area contributed by atoms with Crippen molar-refractivity contribution in [2.45, 2.75) is 10.5 Å². The Labute approximate surface area is 118 Å². The lowest BCUT2D eigenvalue weighted by atomic mass is 10.2. The largest absolute Gasteiger partial charge is 0.497 e. The minimum atomic E-state index is 0.227. The molecule has 4 rings (SSSR count). The Morgan fingerprint density at radius 2 is 2.11 bits per heavy atom. The van der Waals surface area contributed by atoms with Gasteiger partial charge in [-0.1, -0.05) is 23.9 Å². The van der Waals surface area contributed by atoms with Crippen molar-refractivity contribution in [3.63, 3.8) is 0 Å². The zero-order valence-corrected chi connectivity index (χ0v) is 11.7. The molecule has 0 aliphatic carbocycles. The van der Waals surface area contributed by atoms with E-state index in [1.165, 1.54) is 10.6 Å². The number of hydrogen-bond acceptors (Lipinski definition) is 6. The fraction of sp³-hybridized carbons (Fsp3) is 0.167. The third-order valence-electron chi connectivity index (χ3n) is 3.07. The predicted molar refractivity (Wildman–Crippen MR) is 75.5 cm³/mol. The molecule has 0 saturated carbocycles. The average Bonchev–Trinajstić information content (AvgIpc) is 3.10. The molecule has 0 fully saturated rings. The van der Waals surface area contributed by atoms with Gasteiger partial charge in [-0.05, 0) is 29.5 Å². The Hall–Kier alpha value is -1.60. The van der Waals surface area contributed by atoms with Crippen molar-refractivity contribution in [1.29, 1.82) is 0 Å². The van der Waals surface area contributed by atoms with Crippen LogP contribution in [0.25, 0.3) is 0 Å². The first kappa shape index (κ1) is 11.2. The van der Waals surface area contributed by atoms with Gasteiger partial charge in [0.1, 0.15) is 22.5 Å². The second kappa shape index (κ2) is 4.21. The molecular weight excluding hydrogens is 280 g/mol. The van der Waals surface area contributed by atoms with E-state index in [9.17, 15) is 0 Å². The predicted octanol–water partition coefficient (Wildman–Crippen LogP) is 2.57. The first-order chi connectivity index (χ1) is 9.36. The fourth-order valence-electron chi connectivity index (χ4n) is 2.16. The number of hydrogen-bond donors (Lipinski definition) is 0. The average molecular weight is 290 g/mol. The van der Waals surface area contributed by atoms with Gasteiger partial charge in [0, 0.05) is 5.41 Å². The Bertz CT molecular complexity index is 652. The molecule has 0 spiro atoms. The number of benzene rings is 1. The van der Waals surface area contributed by atoms with Crippen LogP contribution in [0.5, 0.6) is 5.75 Å². The summed E-state index contributed by atoms with van der Waals surface area (Å²) in [4.78, 5) is 0. The summed E-state index contributed by atoms with van der Waals surface area (Å²) in [6.45, 7) is 0. The molecule has 0 bridgehead atoms. The third kappa shape index (κ3) is 1.65. The molecule has 7 heteroatoms. The van der Waals surface area contributed by atoms with Gasteiger partial charge in [-0.3, -0.25) is 5.01 Å². The summed E-state index contributed by atoms with van der Waals surface area (Å²) >= 11 is 3.44. The van der Waals surface area contributed by atoms with Crippen molar-refractivity contribution in [3.05, 3.63) is 46.6 Å². The highest BCUT2D eigenvalue weighted by molar-refractivity contribution is 8.07. The van der Waals surface area contributed by atoms with E-state index in [2.05, 4.69) is 32.7 Å². The molecule has 2 aromatic rings. The van der Waals surface area contributed by atoms with Crippen LogP contribution in [0.2, 0.25) is 0 Å². The lowest BCUT2D eigenvalue weighted by Crippen LogP contribution is -2.28. The van der Waals surface area contributed by atoms with Crippen molar-refractivity contribution in [1.82, 2.24) is 14.9 Å². The summed E-state index contributed by atoms with van der Waals surface area (Å²) in [5.74, 6) is 0.876. The molecule has 2 aliphatic rings. The summed E-state index contributed by atoms with van der Waals surface area (Å²) in [5, 5.41) is 14.8. The molecule has 0 unspecified atom stereocenters. The van der Waals surface area contributed by atoms with Crippen LogP contribution >= 0.6 is 23.5 Å². The van der Waals surface area contributed by atoms with Gasteiger partial charge in [0.15, 0.2) is 0 Å². The van der Waals surface area contributed by atoms with E-state index in [0.29, 0.717) is 0 Å². The van der Waals surface area contributed by atoms with E-state index in [1.807, 2.05) is 16.8 Å². The molecule has 2 aliphatic heterocycles. The number of thioether (sulfide) groups is 2. The summed E-state index contributed by atoms with van der Waals surface area (Å²) in [5.41, 5.74) is 1.24. The van der Waals surface area contributed by atoms with Crippen molar-refractivity contribution >= 4 is 23.5 Å². The normalized spacial score (nSPS) is 20.2. The summed E-state index contributed by atoms with van der Waals surface area (Å²) in [6.07, 6.45) is 1.76. The van der Waals surface area contributed by atoms with Crippen LogP contribution in [0, 0.1) is 0 Å². The second-order valence-corrected chi connectivity index (χ2v) is 6.06. The Morgan fingerprint density at radius 1 is 1.26 bits per heavy atom. The maximum atomic E-state index is 5.20. The van der Waals surface area contributed by atoms with E-state index in [4.69, 9.17) is 4.74 Å². The Morgan fingerprint density at radius 3 is 2.89 bits per heavy atom. The quantitative estimate of drug-likeness (QED) is 0.847. The number of rotatable bonds is 2. The monoisotopic (exact) mass is 290 g/mol. The van der Waals surface area contributed by atoms with Gasteiger partial charge in [0.2, 0.25) is 5.16 Å². The fourth-order valence-corrected chi connectivity index (χ4v) is 4.37. The number of methoxy groups -OCH3 is 1. The van der Waals surface area contributed by atoms with Crippen LogP contribution in [0.15, 0.2) is 46.2 Å².